The Morgan fingerprint density at radius 3 is 2.56 bits per heavy atom. The molecule has 4 nitrogen and oxygen atoms in total. The van der Waals surface area contributed by atoms with Crippen molar-refractivity contribution in [1.29, 1.82) is 0 Å². The van der Waals surface area contributed by atoms with Crippen molar-refractivity contribution in [2.24, 2.45) is 7.05 Å². The number of hydrogen-bond acceptors (Lipinski definition) is 1. The van der Waals surface area contributed by atoms with E-state index in [0.717, 1.165) is 11.4 Å². The molecule has 2 aromatic rings. The first-order valence-electron chi connectivity index (χ1n) is 5.84. The maximum Gasteiger partial charge on any atom is 0.321 e. The molecule has 4 heteroatoms. The molecular weight excluding hydrogens is 226 g/mol. The summed E-state index contributed by atoms with van der Waals surface area (Å²) in [5.41, 5.74) is 1.90. The number of anilines is 1. The number of nitrogens with zero attached hydrogens (tertiary/aromatic N) is 2. The number of carbonyl (C=O) groups is 1. The van der Waals surface area contributed by atoms with Crippen molar-refractivity contribution in [3.05, 3.63) is 54.4 Å². The first-order chi connectivity index (χ1) is 8.66. The van der Waals surface area contributed by atoms with Gasteiger partial charge in [0.1, 0.15) is 0 Å². The van der Waals surface area contributed by atoms with Gasteiger partial charge in [0.15, 0.2) is 0 Å². The molecule has 18 heavy (non-hydrogen) atoms. The molecule has 0 fully saturated rings. The second kappa shape index (κ2) is 5.40. The number of aromatic nitrogens is 1. The Kier molecular flexibility index (Phi) is 3.67. The zero-order valence-electron chi connectivity index (χ0n) is 10.6. The lowest BCUT2D eigenvalue weighted by Gasteiger charge is -2.18. The van der Waals surface area contributed by atoms with Gasteiger partial charge in [0.2, 0.25) is 0 Å². The summed E-state index contributed by atoms with van der Waals surface area (Å²) in [6, 6.07) is 13.3. The second-order valence-electron chi connectivity index (χ2n) is 4.26. The predicted octanol–water partition coefficient (Wildman–Crippen LogP) is 2.69. The van der Waals surface area contributed by atoms with Crippen molar-refractivity contribution in [2.75, 3.05) is 12.4 Å². The molecule has 0 unspecified atom stereocenters. The maximum absolute atomic E-state index is 12.0. The number of aryl methyl sites for hydroxylation is 1. The smallest absolute Gasteiger partial charge is 0.321 e. The van der Waals surface area contributed by atoms with Gasteiger partial charge in [0.25, 0.3) is 0 Å². The molecule has 0 spiro atoms. The second-order valence-corrected chi connectivity index (χ2v) is 4.26. The lowest BCUT2D eigenvalue weighted by Crippen LogP contribution is -2.31. The van der Waals surface area contributed by atoms with Gasteiger partial charge in [-0.05, 0) is 24.3 Å². The normalized spacial score (nSPS) is 10.1. The van der Waals surface area contributed by atoms with Crippen LogP contribution in [0.4, 0.5) is 10.5 Å². The van der Waals surface area contributed by atoms with E-state index >= 15 is 0 Å². The van der Waals surface area contributed by atoms with Gasteiger partial charge in [-0.25, -0.2) is 4.79 Å². The third kappa shape index (κ3) is 2.91. The van der Waals surface area contributed by atoms with Gasteiger partial charge in [-0.3, -0.25) is 0 Å². The molecule has 0 aliphatic heterocycles. The molecule has 2 rings (SSSR count). The Morgan fingerprint density at radius 2 is 1.94 bits per heavy atom. The number of nitrogens with one attached hydrogen (secondary N) is 1. The van der Waals surface area contributed by atoms with Crippen LogP contribution in [0, 0.1) is 0 Å². The lowest BCUT2D eigenvalue weighted by atomic mass is 10.3. The molecule has 0 aliphatic carbocycles. The van der Waals surface area contributed by atoms with E-state index in [9.17, 15) is 4.79 Å². The van der Waals surface area contributed by atoms with Crippen LogP contribution in [-0.4, -0.2) is 22.5 Å². The van der Waals surface area contributed by atoms with E-state index in [1.807, 2.05) is 60.3 Å². The summed E-state index contributed by atoms with van der Waals surface area (Å²) in [7, 11) is 3.75. The number of urea groups is 1. The van der Waals surface area contributed by atoms with Gasteiger partial charge >= 0.3 is 6.03 Å². The zero-order valence-corrected chi connectivity index (χ0v) is 10.6. The van der Waals surface area contributed by atoms with E-state index in [0.29, 0.717) is 6.54 Å². The number of para-hydroxylation sites is 1. The van der Waals surface area contributed by atoms with E-state index in [1.165, 1.54) is 0 Å². The van der Waals surface area contributed by atoms with Crippen molar-refractivity contribution < 1.29 is 4.79 Å². The van der Waals surface area contributed by atoms with Crippen molar-refractivity contribution in [1.82, 2.24) is 9.47 Å². The average Bonchev–Trinajstić information content (AvgIpc) is 2.76. The third-order valence-corrected chi connectivity index (χ3v) is 2.82. The van der Waals surface area contributed by atoms with Crippen LogP contribution in [0.25, 0.3) is 0 Å². The maximum atomic E-state index is 12.0. The summed E-state index contributed by atoms with van der Waals surface area (Å²) in [6.07, 6.45) is 1.97. The Labute approximate surface area is 107 Å². The summed E-state index contributed by atoms with van der Waals surface area (Å²) in [4.78, 5) is 13.6. The van der Waals surface area contributed by atoms with Gasteiger partial charge in [-0.15, -0.1) is 0 Å². The summed E-state index contributed by atoms with van der Waals surface area (Å²) < 4.78 is 2.01. The first-order valence-corrected chi connectivity index (χ1v) is 5.84. The molecule has 94 valence electrons. The number of carbonyl (C=O) groups excluding carboxylic acids is 1. The molecule has 1 heterocycles. The van der Waals surface area contributed by atoms with Crippen molar-refractivity contribution in [3.8, 4) is 0 Å². The lowest BCUT2D eigenvalue weighted by molar-refractivity contribution is 0.220. The van der Waals surface area contributed by atoms with Crippen LogP contribution in [0.1, 0.15) is 5.69 Å². The molecule has 0 bridgehead atoms. The highest BCUT2D eigenvalue weighted by Crippen LogP contribution is 2.08. The van der Waals surface area contributed by atoms with Crippen molar-refractivity contribution in [3.63, 3.8) is 0 Å². The first kappa shape index (κ1) is 12.2. The SMILES string of the molecule is CN(Cc1cccn1C)C(=O)Nc1ccccc1. The molecule has 0 saturated carbocycles. The summed E-state index contributed by atoms with van der Waals surface area (Å²) >= 11 is 0. The molecule has 1 N–H and O–H groups in total. The van der Waals surface area contributed by atoms with Crippen LogP contribution in [0.2, 0.25) is 0 Å². The number of rotatable bonds is 3. The largest absolute Gasteiger partial charge is 0.353 e. The molecule has 0 aliphatic rings. The summed E-state index contributed by atoms with van der Waals surface area (Å²) in [5.74, 6) is 0. The topological polar surface area (TPSA) is 37.3 Å². The minimum atomic E-state index is -0.109. The van der Waals surface area contributed by atoms with E-state index in [-0.39, 0.29) is 6.03 Å². The fourth-order valence-electron chi connectivity index (χ4n) is 1.72. The Balaban J connectivity index is 1.95. The fourth-order valence-corrected chi connectivity index (χ4v) is 1.72. The summed E-state index contributed by atoms with van der Waals surface area (Å²) in [6.45, 7) is 0.585. The molecule has 1 aromatic heterocycles. The monoisotopic (exact) mass is 243 g/mol. The van der Waals surface area contributed by atoms with Crippen LogP contribution in [-0.2, 0) is 13.6 Å². The third-order valence-electron chi connectivity index (χ3n) is 2.82. The van der Waals surface area contributed by atoms with E-state index in [4.69, 9.17) is 0 Å². The van der Waals surface area contributed by atoms with Gasteiger partial charge < -0.3 is 14.8 Å². The van der Waals surface area contributed by atoms with Crippen LogP contribution >= 0.6 is 0 Å². The highest BCUT2D eigenvalue weighted by atomic mass is 16.2. The molecule has 1 aromatic carbocycles. The van der Waals surface area contributed by atoms with Gasteiger partial charge in [-0.2, -0.15) is 0 Å². The Hall–Kier alpha value is -2.23. The average molecular weight is 243 g/mol. The molecular formula is C14H17N3O. The van der Waals surface area contributed by atoms with Crippen molar-refractivity contribution in [2.45, 2.75) is 6.54 Å². The van der Waals surface area contributed by atoms with Gasteiger partial charge in [0, 0.05) is 31.7 Å². The number of amides is 2. The number of hydrogen-bond donors (Lipinski definition) is 1. The highest BCUT2D eigenvalue weighted by Gasteiger charge is 2.10. The Morgan fingerprint density at radius 1 is 1.22 bits per heavy atom. The highest BCUT2D eigenvalue weighted by molar-refractivity contribution is 5.88. The summed E-state index contributed by atoms with van der Waals surface area (Å²) in [5, 5.41) is 2.85. The zero-order chi connectivity index (χ0) is 13.0. The van der Waals surface area contributed by atoms with Crippen LogP contribution in [0.15, 0.2) is 48.7 Å². The molecule has 0 atom stereocenters. The van der Waals surface area contributed by atoms with Crippen molar-refractivity contribution >= 4 is 11.7 Å². The number of benzene rings is 1. The van der Waals surface area contributed by atoms with Crippen LogP contribution in [0.5, 0.6) is 0 Å². The molecule has 0 saturated heterocycles. The molecule has 2 amide bonds. The minimum Gasteiger partial charge on any atom is -0.353 e. The van der Waals surface area contributed by atoms with Gasteiger partial charge in [0.05, 0.1) is 6.54 Å². The predicted molar refractivity (Wildman–Crippen MR) is 72.3 cm³/mol. The van der Waals surface area contributed by atoms with Gasteiger partial charge in [-0.1, -0.05) is 18.2 Å². The Bertz CT molecular complexity index is 519. The van der Waals surface area contributed by atoms with E-state index < -0.39 is 0 Å². The van der Waals surface area contributed by atoms with Crippen LogP contribution < -0.4 is 5.32 Å². The minimum absolute atomic E-state index is 0.109. The van der Waals surface area contributed by atoms with Crippen LogP contribution in [0.3, 0.4) is 0 Å². The fraction of sp³-hybridized carbons (Fsp3) is 0.214. The van der Waals surface area contributed by atoms with E-state index in [1.54, 1.807) is 11.9 Å². The quantitative estimate of drug-likeness (QED) is 0.884. The molecule has 0 radical (unpaired) electrons. The standard InChI is InChI=1S/C14H17N3O/c1-16-10-6-9-13(16)11-17(2)14(18)15-12-7-4-3-5-8-12/h3-10H,11H2,1-2H3,(H,15,18). The van der Waals surface area contributed by atoms with E-state index in [2.05, 4.69) is 5.32 Å².